The second-order valence-corrected chi connectivity index (χ2v) is 8.81. The summed E-state index contributed by atoms with van der Waals surface area (Å²) in [4.78, 5) is 31.2. The smallest absolute Gasteiger partial charge is 0.260 e. The fourth-order valence-corrected chi connectivity index (χ4v) is 4.90. The van der Waals surface area contributed by atoms with Gasteiger partial charge in [0.05, 0.1) is 35.5 Å². The van der Waals surface area contributed by atoms with Crippen molar-refractivity contribution >= 4 is 21.8 Å². The molecule has 6 nitrogen and oxygen atoms in total. The van der Waals surface area contributed by atoms with Crippen LogP contribution in [0.1, 0.15) is 44.2 Å². The molecule has 1 aromatic carbocycles. The molecule has 2 unspecified atom stereocenters. The lowest BCUT2D eigenvalue weighted by Crippen LogP contribution is -2.30. The zero-order valence-electron chi connectivity index (χ0n) is 18.5. The quantitative estimate of drug-likeness (QED) is 0.448. The molecule has 3 aromatic heterocycles. The third-order valence-corrected chi connectivity index (χ3v) is 6.78. The van der Waals surface area contributed by atoms with Crippen LogP contribution in [0.25, 0.3) is 21.8 Å². The molecule has 0 spiro atoms. The summed E-state index contributed by atoms with van der Waals surface area (Å²) in [5.41, 5.74) is 2.04. The lowest BCUT2D eigenvalue weighted by molar-refractivity contribution is 0.253. The Morgan fingerprint density at radius 2 is 1.62 bits per heavy atom. The molecule has 32 heavy (non-hydrogen) atoms. The first-order valence-corrected chi connectivity index (χ1v) is 11.2. The monoisotopic (exact) mass is 429 g/mol. The van der Waals surface area contributed by atoms with Crippen LogP contribution < -0.4 is 15.9 Å². The average Bonchev–Trinajstić information content (AvgIpc) is 2.82. The number of ether oxygens (including phenoxy) is 1. The van der Waals surface area contributed by atoms with E-state index in [4.69, 9.17) is 4.74 Å². The molecule has 1 aliphatic rings. The van der Waals surface area contributed by atoms with E-state index < -0.39 is 0 Å². The van der Waals surface area contributed by atoms with E-state index in [9.17, 15) is 9.59 Å². The minimum Gasteiger partial charge on any atom is -0.497 e. The highest BCUT2D eigenvalue weighted by Crippen LogP contribution is 2.32. The topological polar surface area (TPSA) is 66.1 Å². The molecule has 0 radical (unpaired) electrons. The van der Waals surface area contributed by atoms with Crippen molar-refractivity contribution in [1.82, 2.24) is 14.1 Å². The Kier molecular flexibility index (Phi) is 5.29. The van der Waals surface area contributed by atoms with Crippen LogP contribution in [0.5, 0.6) is 5.75 Å². The highest BCUT2D eigenvalue weighted by Gasteiger charge is 2.24. The van der Waals surface area contributed by atoms with Crippen molar-refractivity contribution in [3.63, 3.8) is 0 Å². The lowest BCUT2D eigenvalue weighted by atomic mass is 9.85. The first kappa shape index (κ1) is 20.5. The van der Waals surface area contributed by atoms with Gasteiger partial charge in [0.15, 0.2) is 0 Å². The highest BCUT2D eigenvalue weighted by atomic mass is 16.5. The molecule has 5 rings (SSSR count). The summed E-state index contributed by atoms with van der Waals surface area (Å²) < 4.78 is 8.72. The summed E-state index contributed by atoms with van der Waals surface area (Å²) >= 11 is 0. The maximum atomic E-state index is 13.4. The van der Waals surface area contributed by atoms with Crippen LogP contribution >= 0.6 is 0 Å². The molecule has 0 saturated heterocycles. The van der Waals surface area contributed by atoms with Gasteiger partial charge < -0.3 is 13.9 Å². The van der Waals surface area contributed by atoms with Crippen molar-refractivity contribution in [2.75, 3.05) is 7.11 Å². The van der Waals surface area contributed by atoms with Crippen molar-refractivity contribution in [2.24, 2.45) is 5.92 Å². The highest BCUT2D eigenvalue weighted by molar-refractivity contribution is 5.91. The summed E-state index contributed by atoms with van der Waals surface area (Å²) in [6.45, 7) is 2.66. The molecule has 4 aromatic rings. The molecule has 0 N–H and O–H groups in total. The molecule has 1 saturated carbocycles. The second-order valence-electron chi connectivity index (χ2n) is 8.81. The van der Waals surface area contributed by atoms with E-state index in [1.165, 1.54) is 6.42 Å². The van der Waals surface area contributed by atoms with Crippen LogP contribution in [0.2, 0.25) is 0 Å². The van der Waals surface area contributed by atoms with Gasteiger partial charge in [0, 0.05) is 18.4 Å². The van der Waals surface area contributed by atoms with Gasteiger partial charge in [0.25, 0.3) is 11.1 Å². The van der Waals surface area contributed by atoms with Gasteiger partial charge in [-0.2, -0.15) is 0 Å². The number of methoxy groups -OCH3 is 1. The summed E-state index contributed by atoms with van der Waals surface area (Å²) in [5, 5.41) is 0.983. The Labute approximate surface area is 186 Å². The maximum Gasteiger partial charge on any atom is 0.260 e. The van der Waals surface area contributed by atoms with Gasteiger partial charge in [-0.25, -0.2) is 4.98 Å². The normalized spacial score (nSPS) is 18.8. The Bertz CT molecular complexity index is 1400. The summed E-state index contributed by atoms with van der Waals surface area (Å²) in [6.07, 6.45) is 8.16. The van der Waals surface area contributed by atoms with Crippen molar-refractivity contribution in [2.45, 2.75) is 45.2 Å². The van der Waals surface area contributed by atoms with Crippen LogP contribution in [0.4, 0.5) is 0 Å². The summed E-state index contributed by atoms with van der Waals surface area (Å²) in [6, 6.07) is 13.3. The minimum atomic E-state index is -0.145. The number of benzene rings is 1. The number of pyridine rings is 3. The first-order chi connectivity index (χ1) is 15.5. The van der Waals surface area contributed by atoms with Gasteiger partial charge >= 0.3 is 0 Å². The van der Waals surface area contributed by atoms with E-state index in [0.717, 1.165) is 30.6 Å². The van der Waals surface area contributed by atoms with Gasteiger partial charge in [0.1, 0.15) is 5.75 Å². The van der Waals surface area contributed by atoms with Crippen molar-refractivity contribution in [1.29, 1.82) is 0 Å². The molecule has 0 bridgehead atoms. The standard InChI is InChI=1S/C26H27N3O3/c1-17-5-3-4-6-24(17)29-14-12-23-21(26(29)31)15-20-22(27-23)11-13-28(25(20)30)16-18-7-9-19(32-2)10-8-18/h7-15,17,24H,3-6,16H2,1-2H3. The average molecular weight is 430 g/mol. The van der Waals surface area contributed by atoms with Crippen LogP contribution in [0.3, 0.4) is 0 Å². The number of hydrogen-bond donors (Lipinski definition) is 0. The van der Waals surface area contributed by atoms with Crippen LogP contribution in [0, 0.1) is 5.92 Å². The van der Waals surface area contributed by atoms with Gasteiger partial charge in [0.2, 0.25) is 0 Å². The third-order valence-electron chi connectivity index (χ3n) is 6.78. The molecule has 3 heterocycles. The number of aromatic nitrogens is 3. The number of rotatable bonds is 4. The van der Waals surface area contributed by atoms with Crippen LogP contribution in [-0.4, -0.2) is 21.2 Å². The number of fused-ring (bicyclic) bond motifs is 2. The van der Waals surface area contributed by atoms with Crippen LogP contribution in [-0.2, 0) is 6.54 Å². The van der Waals surface area contributed by atoms with Crippen molar-refractivity contribution in [3.8, 4) is 5.75 Å². The Hall–Kier alpha value is -3.41. The zero-order valence-corrected chi connectivity index (χ0v) is 18.5. The van der Waals surface area contributed by atoms with Gasteiger partial charge in [-0.05, 0) is 54.7 Å². The van der Waals surface area contributed by atoms with Gasteiger partial charge in [-0.15, -0.1) is 0 Å². The third kappa shape index (κ3) is 3.60. The predicted octanol–water partition coefficient (Wildman–Crippen LogP) is 4.52. The fraction of sp³-hybridized carbons (Fsp3) is 0.346. The van der Waals surface area contributed by atoms with E-state index in [1.807, 2.05) is 47.2 Å². The van der Waals surface area contributed by atoms with Crippen molar-refractivity contribution < 1.29 is 4.74 Å². The molecule has 0 aliphatic heterocycles. The molecular weight excluding hydrogens is 402 g/mol. The minimum absolute atomic E-state index is 0.0550. The molecule has 6 heteroatoms. The molecule has 0 amide bonds. The largest absolute Gasteiger partial charge is 0.497 e. The van der Waals surface area contributed by atoms with E-state index in [1.54, 1.807) is 23.9 Å². The Morgan fingerprint density at radius 1 is 0.938 bits per heavy atom. The predicted molar refractivity (Wildman–Crippen MR) is 127 cm³/mol. The van der Waals surface area contributed by atoms with Crippen molar-refractivity contribution in [3.05, 3.63) is 81.1 Å². The SMILES string of the molecule is COc1ccc(Cn2ccc3nc4ccn(C5CCCCC5C)c(=O)c4cc3c2=O)cc1. The Morgan fingerprint density at radius 3 is 2.34 bits per heavy atom. The Balaban J connectivity index is 1.59. The van der Waals surface area contributed by atoms with E-state index >= 15 is 0 Å². The maximum absolute atomic E-state index is 13.4. The van der Waals surface area contributed by atoms with E-state index in [2.05, 4.69) is 11.9 Å². The van der Waals surface area contributed by atoms with Gasteiger partial charge in [-0.3, -0.25) is 9.59 Å². The summed E-state index contributed by atoms with van der Waals surface area (Å²) in [7, 11) is 1.63. The molecular formula is C26H27N3O3. The molecule has 164 valence electrons. The lowest BCUT2D eigenvalue weighted by Gasteiger charge is -2.30. The zero-order chi connectivity index (χ0) is 22.2. The summed E-state index contributed by atoms with van der Waals surface area (Å²) in [5.74, 6) is 1.24. The number of hydrogen-bond acceptors (Lipinski definition) is 4. The van der Waals surface area contributed by atoms with E-state index in [-0.39, 0.29) is 17.2 Å². The number of nitrogens with zero attached hydrogens (tertiary/aromatic N) is 3. The molecule has 2 atom stereocenters. The first-order valence-electron chi connectivity index (χ1n) is 11.2. The van der Waals surface area contributed by atoms with Crippen LogP contribution in [0.15, 0.2) is 64.4 Å². The van der Waals surface area contributed by atoms with E-state index in [0.29, 0.717) is 34.3 Å². The van der Waals surface area contributed by atoms with Gasteiger partial charge in [-0.1, -0.05) is 31.9 Å². The fourth-order valence-electron chi connectivity index (χ4n) is 4.90. The molecule has 1 aliphatic carbocycles. The second kappa shape index (κ2) is 8.26. The molecule has 1 fully saturated rings.